The molecular formula is C38H54N6O7S. The lowest BCUT2D eigenvalue weighted by atomic mass is 9.85. The third-order valence-corrected chi connectivity index (χ3v) is 10.7. The summed E-state index contributed by atoms with van der Waals surface area (Å²) in [5.41, 5.74) is 6.00. The van der Waals surface area contributed by atoms with Gasteiger partial charge in [0.25, 0.3) is 5.91 Å². The molecule has 3 rings (SSSR count). The first-order chi connectivity index (χ1) is 24.3. The molecule has 1 aliphatic rings. The first-order valence-corrected chi connectivity index (χ1v) is 18.5. The number of amides is 6. The van der Waals surface area contributed by atoms with E-state index in [1.165, 1.54) is 23.6 Å². The Balaban J connectivity index is 1.94. The topological polar surface area (TPSA) is 200 Å². The number of benzene rings is 2. The normalized spacial score (nSPS) is 18.9. The Morgan fingerprint density at radius 1 is 0.923 bits per heavy atom. The van der Waals surface area contributed by atoms with Crippen molar-refractivity contribution in [1.29, 1.82) is 0 Å². The zero-order valence-corrected chi connectivity index (χ0v) is 32.1. The van der Waals surface area contributed by atoms with E-state index in [4.69, 9.17) is 5.73 Å². The summed E-state index contributed by atoms with van der Waals surface area (Å²) < 4.78 is -0.792. The maximum absolute atomic E-state index is 14.2. The Bertz CT molecular complexity index is 1580. The van der Waals surface area contributed by atoms with Gasteiger partial charge in [-0.2, -0.15) is 0 Å². The quantitative estimate of drug-likeness (QED) is 0.160. The molecule has 7 N–H and O–H groups in total. The number of rotatable bonds is 15. The lowest BCUT2D eigenvalue weighted by Gasteiger charge is -2.36. The van der Waals surface area contributed by atoms with Gasteiger partial charge in [0.05, 0.1) is 11.9 Å². The van der Waals surface area contributed by atoms with Crippen molar-refractivity contribution in [2.75, 3.05) is 5.88 Å². The highest BCUT2D eigenvalue weighted by atomic mass is 32.2. The van der Waals surface area contributed by atoms with Gasteiger partial charge in [0.15, 0.2) is 6.10 Å². The first kappa shape index (κ1) is 42.0. The Hall–Kier alpha value is -4.43. The maximum atomic E-state index is 14.2. The monoisotopic (exact) mass is 738 g/mol. The Morgan fingerprint density at radius 2 is 1.50 bits per heavy atom. The Labute approximate surface area is 310 Å². The van der Waals surface area contributed by atoms with E-state index in [1.807, 2.05) is 13.0 Å². The second kappa shape index (κ2) is 17.9. The maximum Gasteiger partial charge on any atom is 0.254 e. The molecule has 2 aromatic rings. The molecular weight excluding hydrogens is 685 g/mol. The van der Waals surface area contributed by atoms with E-state index in [-0.39, 0.29) is 18.2 Å². The molecule has 0 spiro atoms. The van der Waals surface area contributed by atoms with Gasteiger partial charge in [-0.05, 0) is 42.7 Å². The van der Waals surface area contributed by atoms with Crippen molar-refractivity contribution in [3.8, 4) is 0 Å². The summed E-state index contributed by atoms with van der Waals surface area (Å²) in [5, 5.41) is 22.8. The fraction of sp³-hybridized carbons (Fsp3) is 0.526. The van der Waals surface area contributed by atoms with Crippen LogP contribution in [0, 0.1) is 11.3 Å². The minimum atomic E-state index is -1.80. The number of carbonyl (C=O) groups is 6. The molecule has 2 aromatic carbocycles. The van der Waals surface area contributed by atoms with Gasteiger partial charge >= 0.3 is 0 Å². The molecule has 0 aromatic heterocycles. The van der Waals surface area contributed by atoms with Gasteiger partial charge in [-0.1, -0.05) is 102 Å². The first-order valence-electron chi connectivity index (χ1n) is 17.5. The van der Waals surface area contributed by atoms with Crippen molar-refractivity contribution in [1.82, 2.24) is 26.2 Å². The summed E-state index contributed by atoms with van der Waals surface area (Å²) in [6, 6.07) is 12.1. The number of aliphatic hydroxyl groups excluding tert-OH is 1. The zero-order chi connectivity index (χ0) is 39.0. The molecule has 6 amide bonds. The van der Waals surface area contributed by atoms with Crippen molar-refractivity contribution in [2.24, 2.45) is 17.1 Å². The number of primary amides is 1. The molecule has 1 aliphatic heterocycles. The van der Waals surface area contributed by atoms with E-state index in [9.17, 15) is 33.9 Å². The number of hydrogen-bond acceptors (Lipinski definition) is 8. The van der Waals surface area contributed by atoms with E-state index in [0.717, 1.165) is 0 Å². The molecule has 13 nitrogen and oxygen atoms in total. The lowest BCUT2D eigenvalue weighted by molar-refractivity contribution is -0.148. The van der Waals surface area contributed by atoms with Crippen LogP contribution in [-0.4, -0.2) is 86.3 Å². The molecule has 0 unspecified atom stereocenters. The second-order valence-electron chi connectivity index (χ2n) is 15.0. The van der Waals surface area contributed by atoms with E-state index in [2.05, 4.69) is 21.3 Å². The number of nitrogens with two attached hydrogens (primary N) is 1. The van der Waals surface area contributed by atoms with Gasteiger partial charge in [0.1, 0.15) is 24.2 Å². The molecule has 1 heterocycles. The summed E-state index contributed by atoms with van der Waals surface area (Å²) in [6.45, 7) is 13.8. The van der Waals surface area contributed by atoms with Gasteiger partial charge in [0.2, 0.25) is 29.5 Å². The number of nitrogens with zero attached hydrogens (tertiary/aromatic N) is 1. The fourth-order valence-corrected chi connectivity index (χ4v) is 7.28. The van der Waals surface area contributed by atoms with Crippen LogP contribution >= 0.6 is 11.8 Å². The van der Waals surface area contributed by atoms with E-state index >= 15 is 0 Å². The number of carbonyl (C=O) groups excluding carboxylic acids is 6. The lowest BCUT2D eigenvalue weighted by Crippen LogP contribution is -2.62. The predicted octanol–water partition coefficient (Wildman–Crippen LogP) is 2.18. The third kappa shape index (κ3) is 10.8. The van der Waals surface area contributed by atoms with E-state index in [1.54, 1.807) is 96.1 Å². The Kier molecular flexibility index (Phi) is 14.4. The molecule has 0 radical (unpaired) electrons. The van der Waals surface area contributed by atoms with Crippen LogP contribution in [0.3, 0.4) is 0 Å². The highest BCUT2D eigenvalue weighted by Gasteiger charge is 2.50. The SMILES string of the molecule is CC[C@H](C)[C@H](NC(=O)[C@H]1N(C(=O)[C@@H](O)[C@H](Cc2ccccc2)NC(=O)[C@@H](NC(=O)[C@@H](NC(C)=O)c2ccccc2)C(C)(C)C)CSC1(C)C)C(N)=O. The van der Waals surface area contributed by atoms with Crippen molar-refractivity contribution in [3.05, 3.63) is 71.8 Å². The van der Waals surface area contributed by atoms with Crippen LogP contribution in [0.1, 0.15) is 79.0 Å². The largest absolute Gasteiger partial charge is 0.381 e. The molecule has 1 fully saturated rings. The van der Waals surface area contributed by atoms with Crippen LogP contribution in [0.25, 0.3) is 0 Å². The molecule has 7 atom stereocenters. The minimum Gasteiger partial charge on any atom is -0.381 e. The van der Waals surface area contributed by atoms with Gasteiger partial charge in [-0.25, -0.2) is 0 Å². The summed E-state index contributed by atoms with van der Waals surface area (Å²) >= 11 is 1.34. The van der Waals surface area contributed by atoms with Crippen LogP contribution < -0.4 is 27.0 Å². The number of thioether (sulfide) groups is 1. The average molecular weight is 739 g/mol. The predicted molar refractivity (Wildman–Crippen MR) is 200 cm³/mol. The van der Waals surface area contributed by atoms with Gasteiger partial charge in [-0.3, -0.25) is 28.8 Å². The van der Waals surface area contributed by atoms with Crippen molar-refractivity contribution in [3.63, 3.8) is 0 Å². The van der Waals surface area contributed by atoms with Crippen molar-refractivity contribution >= 4 is 47.2 Å². The van der Waals surface area contributed by atoms with Crippen LogP contribution in [-0.2, 0) is 35.2 Å². The summed E-state index contributed by atoms with van der Waals surface area (Å²) in [4.78, 5) is 81.4. The third-order valence-electron chi connectivity index (χ3n) is 9.31. The summed E-state index contributed by atoms with van der Waals surface area (Å²) in [7, 11) is 0. The summed E-state index contributed by atoms with van der Waals surface area (Å²) in [6.07, 6.45) is -1.18. The molecule has 52 heavy (non-hydrogen) atoms. The van der Waals surface area contributed by atoms with Crippen LogP contribution in [0.15, 0.2) is 60.7 Å². The molecule has 14 heteroatoms. The minimum absolute atomic E-state index is 0.0435. The van der Waals surface area contributed by atoms with E-state index < -0.39 is 81.9 Å². The smallest absolute Gasteiger partial charge is 0.254 e. The van der Waals surface area contributed by atoms with Crippen molar-refractivity contribution < 1.29 is 33.9 Å². The van der Waals surface area contributed by atoms with Gasteiger partial charge < -0.3 is 37.0 Å². The molecule has 0 aliphatic carbocycles. The van der Waals surface area contributed by atoms with Crippen LogP contribution in [0.2, 0.25) is 0 Å². The van der Waals surface area contributed by atoms with Gasteiger partial charge in [-0.15, -0.1) is 11.8 Å². The van der Waals surface area contributed by atoms with Gasteiger partial charge in [0, 0.05) is 11.7 Å². The number of aliphatic hydroxyl groups is 1. The second-order valence-corrected chi connectivity index (χ2v) is 16.6. The standard InChI is InChI=1S/C38H54N6O7S/c1-9-22(2)27(32(39)47)42-35(50)31-38(7,8)52-21-44(31)36(51)29(46)26(20-24-16-12-10-13-17-24)41-34(49)30(37(4,5)6)43-33(48)28(40-23(3)45)25-18-14-11-15-19-25/h10-19,22,26-31,46H,9,20-21H2,1-8H3,(H2,39,47)(H,40,45)(H,41,49)(H,42,50)(H,43,48)/t22-,26-,27-,28-,29-,30+,31+/m0/s1. The number of nitrogens with one attached hydrogen (secondary N) is 4. The highest BCUT2D eigenvalue weighted by Crippen LogP contribution is 2.40. The van der Waals surface area contributed by atoms with E-state index in [0.29, 0.717) is 17.5 Å². The molecule has 0 bridgehead atoms. The highest BCUT2D eigenvalue weighted by molar-refractivity contribution is 8.00. The number of hydrogen-bond donors (Lipinski definition) is 6. The molecule has 0 saturated carbocycles. The van der Waals surface area contributed by atoms with Crippen molar-refractivity contribution in [2.45, 2.75) is 109 Å². The zero-order valence-electron chi connectivity index (χ0n) is 31.3. The summed E-state index contributed by atoms with van der Waals surface area (Å²) in [5.74, 6) is -3.96. The fourth-order valence-electron chi connectivity index (χ4n) is 6.14. The average Bonchev–Trinajstić information content (AvgIpc) is 3.41. The molecule has 1 saturated heterocycles. The van der Waals surface area contributed by atoms with Crippen LogP contribution in [0.5, 0.6) is 0 Å². The van der Waals surface area contributed by atoms with Crippen LogP contribution in [0.4, 0.5) is 0 Å². The Morgan fingerprint density at radius 3 is 2.02 bits per heavy atom. The molecule has 284 valence electrons.